The van der Waals surface area contributed by atoms with Crippen molar-refractivity contribution in [1.82, 2.24) is 10.0 Å². The Kier molecular flexibility index (Phi) is 5.09. The van der Waals surface area contributed by atoms with E-state index in [0.29, 0.717) is 38.2 Å². The van der Waals surface area contributed by atoms with Crippen molar-refractivity contribution in [2.45, 2.75) is 30.3 Å². The zero-order valence-electron chi connectivity index (χ0n) is 11.4. The Hall–Kier alpha value is -1.02. The van der Waals surface area contributed by atoms with Crippen molar-refractivity contribution < 1.29 is 17.5 Å². The lowest BCUT2D eigenvalue weighted by Crippen LogP contribution is -2.39. The first-order valence-electron chi connectivity index (χ1n) is 6.56. The summed E-state index contributed by atoms with van der Waals surface area (Å²) in [5.74, 6) is -0.558. The lowest BCUT2D eigenvalue weighted by Gasteiger charge is -2.23. The predicted octanol–water partition coefficient (Wildman–Crippen LogP) is 1.00. The molecular weight excluding hydrogens is 283 g/mol. The molecule has 2 rings (SSSR count). The number of hydrogen-bond acceptors (Lipinski definition) is 4. The van der Waals surface area contributed by atoms with Gasteiger partial charge in [-0.2, -0.15) is 0 Å². The highest BCUT2D eigenvalue weighted by Gasteiger charge is 2.24. The van der Waals surface area contributed by atoms with Gasteiger partial charge in [0, 0.05) is 25.8 Å². The van der Waals surface area contributed by atoms with Crippen LogP contribution in [-0.2, 0) is 21.3 Å². The number of halogens is 1. The molecular formula is C13H19FN2O3S. The lowest BCUT2D eigenvalue weighted by atomic mass is 10.1. The molecule has 1 fully saturated rings. The first-order valence-corrected chi connectivity index (χ1v) is 8.04. The van der Waals surface area contributed by atoms with Gasteiger partial charge in [0.2, 0.25) is 10.0 Å². The van der Waals surface area contributed by atoms with Crippen LogP contribution in [0.2, 0.25) is 0 Å². The number of nitrogens with one attached hydrogen (secondary N) is 2. The van der Waals surface area contributed by atoms with Crippen LogP contribution < -0.4 is 10.0 Å². The Morgan fingerprint density at radius 1 is 1.35 bits per heavy atom. The van der Waals surface area contributed by atoms with Crippen LogP contribution in [0.3, 0.4) is 0 Å². The molecule has 112 valence electrons. The maximum absolute atomic E-state index is 13.4. The van der Waals surface area contributed by atoms with Crippen molar-refractivity contribution in [3.63, 3.8) is 0 Å². The van der Waals surface area contributed by atoms with Crippen molar-refractivity contribution >= 4 is 10.0 Å². The standard InChI is InChI=1S/C13H19FN2O3S/c1-15-9-10-2-3-11(14)8-13(10)20(17,18)16-12-4-6-19-7-5-12/h2-3,8,12,15-16H,4-7,9H2,1H3. The number of benzene rings is 1. The van der Waals surface area contributed by atoms with E-state index in [-0.39, 0.29) is 10.9 Å². The summed E-state index contributed by atoms with van der Waals surface area (Å²) in [7, 11) is -2.01. The van der Waals surface area contributed by atoms with Gasteiger partial charge in [0.05, 0.1) is 4.90 Å². The molecule has 0 aromatic heterocycles. The minimum atomic E-state index is -3.72. The predicted molar refractivity (Wildman–Crippen MR) is 73.3 cm³/mol. The van der Waals surface area contributed by atoms with Gasteiger partial charge in [0.25, 0.3) is 0 Å². The average Bonchev–Trinajstić information content (AvgIpc) is 2.41. The third-order valence-electron chi connectivity index (χ3n) is 3.23. The van der Waals surface area contributed by atoms with Crippen LogP contribution in [0.25, 0.3) is 0 Å². The first kappa shape index (κ1) is 15.4. The summed E-state index contributed by atoms with van der Waals surface area (Å²) in [6.07, 6.45) is 1.27. The van der Waals surface area contributed by atoms with Crippen molar-refractivity contribution in [2.24, 2.45) is 0 Å². The third-order valence-corrected chi connectivity index (χ3v) is 4.83. The second kappa shape index (κ2) is 6.62. The maximum atomic E-state index is 13.4. The quantitative estimate of drug-likeness (QED) is 0.851. The summed E-state index contributed by atoms with van der Waals surface area (Å²) in [5, 5.41) is 2.88. The molecule has 20 heavy (non-hydrogen) atoms. The SMILES string of the molecule is CNCc1ccc(F)cc1S(=O)(=O)NC1CCOCC1. The molecule has 2 N–H and O–H groups in total. The minimum Gasteiger partial charge on any atom is -0.381 e. The Morgan fingerprint density at radius 2 is 2.05 bits per heavy atom. The van der Waals surface area contributed by atoms with Crippen LogP contribution in [0.4, 0.5) is 4.39 Å². The summed E-state index contributed by atoms with van der Waals surface area (Å²) in [6, 6.07) is 3.67. The van der Waals surface area contributed by atoms with E-state index >= 15 is 0 Å². The molecule has 0 saturated carbocycles. The molecule has 0 unspecified atom stereocenters. The second-order valence-electron chi connectivity index (χ2n) is 4.79. The number of sulfonamides is 1. The molecule has 1 aliphatic heterocycles. The van der Waals surface area contributed by atoms with Crippen molar-refractivity contribution in [3.8, 4) is 0 Å². The molecule has 0 radical (unpaired) electrons. The van der Waals surface area contributed by atoms with Crippen LogP contribution in [0.1, 0.15) is 18.4 Å². The fourth-order valence-corrected chi connectivity index (χ4v) is 3.77. The number of rotatable bonds is 5. The fraction of sp³-hybridized carbons (Fsp3) is 0.538. The van der Waals surface area contributed by atoms with E-state index in [1.54, 1.807) is 7.05 Å². The molecule has 1 aromatic carbocycles. The molecule has 1 heterocycles. The Balaban J connectivity index is 2.25. The van der Waals surface area contributed by atoms with E-state index in [1.165, 1.54) is 12.1 Å². The van der Waals surface area contributed by atoms with E-state index in [1.807, 2.05) is 0 Å². The third kappa shape index (κ3) is 3.76. The Labute approximate surface area is 118 Å². The number of hydrogen-bond donors (Lipinski definition) is 2. The smallest absolute Gasteiger partial charge is 0.241 e. The van der Waals surface area contributed by atoms with Crippen LogP contribution in [0.5, 0.6) is 0 Å². The van der Waals surface area contributed by atoms with Gasteiger partial charge in [-0.05, 0) is 37.6 Å². The minimum absolute atomic E-state index is 0.00154. The van der Waals surface area contributed by atoms with Gasteiger partial charge in [-0.25, -0.2) is 17.5 Å². The molecule has 0 amide bonds. The van der Waals surface area contributed by atoms with Crippen molar-refractivity contribution in [1.29, 1.82) is 0 Å². The molecule has 1 saturated heterocycles. The van der Waals surface area contributed by atoms with Gasteiger partial charge in [0.1, 0.15) is 5.82 Å². The number of ether oxygens (including phenoxy) is 1. The zero-order chi connectivity index (χ0) is 14.6. The first-order chi connectivity index (χ1) is 9.53. The highest BCUT2D eigenvalue weighted by Crippen LogP contribution is 2.19. The molecule has 1 aromatic rings. The van der Waals surface area contributed by atoms with E-state index in [4.69, 9.17) is 4.74 Å². The summed E-state index contributed by atoms with van der Waals surface area (Å²) in [5.41, 5.74) is 0.549. The normalized spacial score (nSPS) is 17.3. The van der Waals surface area contributed by atoms with Gasteiger partial charge in [-0.3, -0.25) is 0 Å². The lowest BCUT2D eigenvalue weighted by molar-refractivity contribution is 0.0832. The average molecular weight is 302 g/mol. The van der Waals surface area contributed by atoms with Gasteiger partial charge < -0.3 is 10.1 Å². The van der Waals surface area contributed by atoms with Crippen molar-refractivity contribution in [3.05, 3.63) is 29.6 Å². The molecule has 5 nitrogen and oxygen atoms in total. The molecule has 0 spiro atoms. The van der Waals surface area contributed by atoms with Gasteiger partial charge >= 0.3 is 0 Å². The topological polar surface area (TPSA) is 67.4 Å². The molecule has 0 aliphatic carbocycles. The van der Waals surface area contributed by atoms with Crippen LogP contribution >= 0.6 is 0 Å². The fourth-order valence-electron chi connectivity index (χ4n) is 2.21. The van der Waals surface area contributed by atoms with Gasteiger partial charge in [-0.1, -0.05) is 6.07 Å². The summed E-state index contributed by atoms with van der Waals surface area (Å²) >= 11 is 0. The maximum Gasteiger partial charge on any atom is 0.241 e. The summed E-state index contributed by atoms with van der Waals surface area (Å²) < 4.78 is 46.0. The van der Waals surface area contributed by atoms with E-state index in [2.05, 4.69) is 10.0 Å². The molecule has 0 bridgehead atoms. The van der Waals surface area contributed by atoms with Gasteiger partial charge in [0.15, 0.2) is 0 Å². The highest BCUT2D eigenvalue weighted by atomic mass is 32.2. The largest absolute Gasteiger partial charge is 0.381 e. The molecule has 7 heteroatoms. The molecule has 1 aliphatic rings. The van der Waals surface area contributed by atoms with E-state index < -0.39 is 15.8 Å². The Morgan fingerprint density at radius 3 is 2.70 bits per heavy atom. The van der Waals surface area contributed by atoms with E-state index in [9.17, 15) is 12.8 Å². The van der Waals surface area contributed by atoms with E-state index in [0.717, 1.165) is 6.07 Å². The van der Waals surface area contributed by atoms with Crippen molar-refractivity contribution in [2.75, 3.05) is 20.3 Å². The zero-order valence-corrected chi connectivity index (χ0v) is 12.2. The Bertz CT molecular complexity index is 557. The molecule has 0 atom stereocenters. The summed E-state index contributed by atoms with van der Waals surface area (Å²) in [4.78, 5) is -0.00154. The summed E-state index contributed by atoms with van der Waals surface area (Å²) in [6.45, 7) is 1.45. The monoisotopic (exact) mass is 302 g/mol. The van der Waals surface area contributed by atoms with Crippen LogP contribution in [0.15, 0.2) is 23.1 Å². The van der Waals surface area contributed by atoms with Crippen LogP contribution in [-0.4, -0.2) is 34.7 Å². The highest BCUT2D eigenvalue weighted by molar-refractivity contribution is 7.89. The van der Waals surface area contributed by atoms with Gasteiger partial charge in [-0.15, -0.1) is 0 Å². The van der Waals surface area contributed by atoms with Crippen LogP contribution in [0, 0.1) is 5.82 Å². The second-order valence-corrected chi connectivity index (χ2v) is 6.47.